The van der Waals surface area contributed by atoms with Crippen LogP contribution in [0, 0.1) is 0 Å². The number of carbonyl (C=O) groups is 1. The van der Waals surface area contributed by atoms with Crippen LogP contribution >= 0.6 is 0 Å². The Morgan fingerprint density at radius 1 is 0.731 bits per heavy atom. The molecule has 0 aromatic rings. The number of hydrogen-bond acceptors (Lipinski definition) is 5. The van der Waals surface area contributed by atoms with Crippen LogP contribution in [-0.2, 0) is 23.6 Å². The van der Waals surface area contributed by atoms with Crippen molar-refractivity contribution in [3.05, 3.63) is 0 Å². The Kier molecular flexibility index (Phi) is 22.1. The number of rotatable bonds is 18. The number of unbranched alkanes of at least 4 members (excludes halogenated alkanes) is 14. The van der Waals surface area contributed by atoms with Crippen LogP contribution in [0.1, 0.15) is 111 Å². The van der Waals surface area contributed by atoms with Gasteiger partial charge in [-0.25, -0.2) is 4.18 Å². The van der Waals surface area contributed by atoms with Gasteiger partial charge in [-0.2, -0.15) is 8.42 Å². The molecule has 5 nitrogen and oxygen atoms in total. The fraction of sp³-hybridized carbons (Fsp3) is 0.947. The summed E-state index contributed by atoms with van der Waals surface area (Å²) in [5, 5.41) is 0. The third-order valence-corrected chi connectivity index (χ3v) is 5.18. The van der Waals surface area contributed by atoms with Crippen molar-refractivity contribution in [1.82, 2.24) is 0 Å². The molecule has 0 bridgehead atoms. The summed E-state index contributed by atoms with van der Waals surface area (Å²) in [5.41, 5.74) is 0. The van der Waals surface area contributed by atoms with Gasteiger partial charge in [0.15, 0.2) is 0 Å². The molecule has 26 heavy (non-hydrogen) atoms. The van der Waals surface area contributed by atoms with Gasteiger partial charge in [-0.3, -0.25) is 4.79 Å². The molecule has 0 aliphatic heterocycles. The Morgan fingerprint density at radius 2 is 1.08 bits per heavy atom. The average molecular weight is 403 g/mol. The molecular formula is C19H39NaO5S. The molecule has 0 heterocycles. The topological polar surface area (TPSA) is 69.7 Å². The van der Waals surface area contributed by atoms with Crippen LogP contribution in [0.3, 0.4) is 0 Å². The van der Waals surface area contributed by atoms with E-state index in [2.05, 4.69) is 15.3 Å². The van der Waals surface area contributed by atoms with Crippen molar-refractivity contribution >= 4 is 16.4 Å². The van der Waals surface area contributed by atoms with E-state index in [1.807, 2.05) is 0 Å². The fourth-order valence-electron chi connectivity index (χ4n) is 2.83. The van der Waals surface area contributed by atoms with Gasteiger partial charge in [-0.05, 0) is 6.42 Å². The Bertz CT molecular complexity index is 418. The second-order valence-corrected chi connectivity index (χ2v) is 8.05. The Balaban J connectivity index is -0.00000288. The summed E-state index contributed by atoms with van der Waals surface area (Å²) in [4.78, 5) is 11.3. The minimum absolute atomic E-state index is 0. The van der Waals surface area contributed by atoms with E-state index in [-0.39, 0.29) is 37.4 Å². The van der Waals surface area contributed by atoms with Gasteiger partial charge in [0.25, 0.3) is 0 Å². The standard InChI is InChI=1S/C19H38O5S.Na.H/c1-3-4-5-6-7-8-9-10-11-12-13-14-15-16-17-18-19(20)24-25(21,22)23-2;;/h3-18H2,1-2H3;;/q;+1;-1. The SMILES string of the molecule is CCCCCCCCCCCCCCCCCC(=O)OS(=O)(=O)OC.[H-].[Na+]. The molecular weight excluding hydrogens is 363 g/mol. The molecule has 0 aromatic carbocycles. The molecule has 0 aliphatic carbocycles. The van der Waals surface area contributed by atoms with E-state index in [1.54, 1.807) is 0 Å². The molecule has 0 atom stereocenters. The summed E-state index contributed by atoms with van der Waals surface area (Å²) in [5.74, 6) is -0.739. The fourth-order valence-corrected chi connectivity index (χ4v) is 3.21. The van der Waals surface area contributed by atoms with E-state index < -0.39 is 16.4 Å². The van der Waals surface area contributed by atoms with Crippen molar-refractivity contribution in [2.75, 3.05) is 7.11 Å². The summed E-state index contributed by atoms with van der Waals surface area (Å²) in [6.07, 6.45) is 18.9. The second kappa shape index (κ2) is 20.1. The molecule has 0 aromatic heterocycles. The minimum atomic E-state index is -4.14. The Hall–Kier alpha value is 0.380. The molecule has 0 fully saturated rings. The molecule has 0 radical (unpaired) electrons. The van der Waals surface area contributed by atoms with Crippen LogP contribution in [0.25, 0.3) is 0 Å². The van der Waals surface area contributed by atoms with Crippen molar-refractivity contribution in [2.24, 2.45) is 0 Å². The first kappa shape index (κ1) is 28.6. The van der Waals surface area contributed by atoms with Crippen LogP contribution in [0.15, 0.2) is 0 Å². The molecule has 0 spiro atoms. The first-order valence-corrected chi connectivity index (χ1v) is 11.4. The van der Waals surface area contributed by atoms with E-state index in [0.717, 1.165) is 20.0 Å². The Morgan fingerprint density at radius 3 is 1.42 bits per heavy atom. The number of hydrogen-bond donors (Lipinski definition) is 0. The predicted molar refractivity (Wildman–Crippen MR) is 103 cm³/mol. The normalized spacial score (nSPS) is 11.2. The first-order valence-electron chi connectivity index (χ1n) is 10.0. The van der Waals surface area contributed by atoms with Crippen molar-refractivity contribution < 1.29 is 52.6 Å². The van der Waals surface area contributed by atoms with Gasteiger partial charge >= 0.3 is 45.9 Å². The second-order valence-electron chi connectivity index (χ2n) is 6.73. The minimum Gasteiger partial charge on any atom is -1.00 e. The Labute approximate surface area is 185 Å². The zero-order valence-electron chi connectivity index (χ0n) is 18.3. The van der Waals surface area contributed by atoms with Crippen molar-refractivity contribution in [2.45, 2.75) is 110 Å². The molecule has 0 unspecified atom stereocenters. The summed E-state index contributed by atoms with van der Waals surface area (Å²) >= 11 is 0. The first-order chi connectivity index (χ1) is 12.0. The van der Waals surface area contributed by atoms with Gasteiger partial charge in [-0.1, -0.05) is 96.8 Å². The summed E-state index contributed by atoms with van der Waals surface area (Å²) < 4.78 is 30.1. The summed E-state index contributed by atoms with van der Waals surface area (Å²) in [6, 6.07) is 0. The van der Waals surface area contributed by atoms with Crippen molar-refractivity contribution in [1.29, 1.82) is 0 Å². The largest absolute Gasteiger partial charge is 1.00 e. The summed E-state index contributed by atoms with van der Waals surface area (Å²) in [7, 11) is -3.17. The van der Waals surface area contributed by atoms with Crippen LogP contribution in [0.5, 0.6) is 0 Å². The van der Waals surface area contributed by atoms with Crippen molar-refractivity contribution in [3.63, 3.8) is 0 Å². The van der Waals surface area contributed by atoms with Crippen LogP contribution in [-0.4, -0.2) is 21.5 Å². The molecule has 152 valence electrons. The molecule has 0 saturated carbocycles. The predicted octanol–water partition coefficient (Wildman–Crippen LogP) is 2.80. The number of carbonyl (C=O) groups excluding carboxylic acids is 1. The van der Waals surface area contributed by atoms with Gasteiger partial charge in [0.05, 0.1) is 7.11 Å². The van der Waals surface area contributed by atoms with Gasteiger partial charge in [0.2, 0.25) is 0 Å². The van der Waals surface area contributed by atoms with Gasteiger partial charge in [-0.15, -0.1) is 0 Å². The molecule has 0 N–H and O–H groups in total. The van der Waals surface area contributed by atoms with Crippen LogP contribution < -0.4 is 29.6 Å². The zero-order valence-corrected chi connectivity index (χ0v) is 20.1. The van der Waals surface area contributed by atoms with Crippen LogP contribution in [0.4, 0.5) is 0 Å². The maximum Gasteiger partial charge on any atom is 1.00 e. The smallest absolute Gasteiger partial charge is 1.00 e. The quantitative estimate of drug-likeness (QED) is 0.260. The summed E-state index contributed by atoms with van der Waals surface area (Å²) in [6.45, 7) is 2.25. The van der Waals surface area contributed by atoms with E-state index in [9.17, 15) is 13.2 Å². The van der Waals surface area contributed by atoms with Gasteiger partial charge in [0.1, 0.15) is 0 Å². The monoisotopic (exact) mass is 402 g/mol. The maximum atomic E-state index is 11.3. The third kappa shape index (κ3) is 20.7. The van der Waals surface area contributed by atoms with Crippen molar-refractivity contribution in [3.8, 4) is 0 Å². The van der Waals surface area contributed by atoms with Crippen LogP contribution in [0.2, 0.25) is 0 Å². The third-order valence-electron chi connectivity index (χ3n) is 4.38. The van der Waals surface area contributed by atoms with E-state index >= 15 is 0 Å². The maximum absolute atomic E-state index is 11.3. The van der Waals surface area contributed by atoms with Gasteiger partial charge in [0, 0.05) is 6.42 Å². The molecule has 0 amide bonds. The molecule has 0 rings (SSSR count). The van der Waals surface area contributed by atoms with E-state index in [1.165, 1.54) is 77.0 Å². The van der Waals surface area contributed by atoms with Gasteiger partial charge < -0.3 is 5.61 Å². The molecule has 7 heteroatoms. The zero-order chi connectivity index (χ0) is 18.8. The average Bonchev–Trinajstić information content (AvgIpc) is 2.58. The molecule has 0 saturated heterocycles. The van der Waals surface area contributed by atoms with E-state index in [4.69, 9.17) is 0 Å². The van der Waals surface area contributed by atoms with E-state index in [0.29, 0.717) is 6.42 Å². The molecule has 0 aliphatic rings.